The second-order valence-electron chi connectivity index (χ2n) is 18.2. The average Bonchev–Trinajstić information content (AvgIpc) is 4.03. The van der Waals surface area contributed by atoms with Crippen molar-refractivity contribution in [2.45, 2.75) is 78.2 Å². The van der Waals surface area contributed by atoms with Crippen LogP contribution >= 0.6 is 0 Å². The molecule has 4 N–H and O–H groups in total. The number of pyridine rings is 2. The number of carbonyl (C=O) groups excluding carboxylic acids is 3. The Hall–Kier alpha value is -7.73. The summed E-state index contributed by atoms with van der Waals surface area (Å²) in [6, 6.07) is 17.4. The van der Waals surface area contributed by atoms with Gasteiger partial charge in [-0.25, -0.2) is 29.0 Å². The number of likely N-dealkylation sites (N-methyl/N-ethyl adjacent to an activating group) is 1. The quantitative estimate of drug-likeness (QED) is 0.118. The van der Waals surface area contributed by atoms with E-state index in [-0.39, 0.29) is 71.3 Å². The van der Waals surface area contributed by atoms with Crippen LogP contribution in [0.2, 0.25) is 0 Å². The normalized spacial score (nSPS) is 15.7. The van der Waals surface area contributed by atoms with E-state index < -0.39 is 23.9 Å². The summed E-state index contributed by atoms with van der Waals surface area (Å²) < 4.78 is 16.0. The highest BCUT2D eigenvalue weighted by Crippen LogP contribution is 2.40. The first-order valence-corrected chi connectivity index (χ1v) is 22.8. The van der Waals surface area contributed by atoms with Gasteiger partial charge in [0.05, 0.1) is 40.3 Å². The fraction of sp³-hybridized carbons (Fsp3) is 0.340. The number of fused-ring (bicyclic) bond motifs is 6. The zero-order valence-corrected chi connectivity index (χ0v) is 38.0. The van der Waals surface area contributed by atoms with Crippen molar-refractivity contribution in [3.05, 3.63) is 116 Å². The third-order valence-electron chi connectivity index (χ3n) is 13.7. The predicted molar refractivity (Wildman–Crippen MR) is 250 cm³/mol. The van der Waals surface area contributed by atoms with Crippen molar-refractivity contribution in [3.8, 4) is 45.7 Å². The summed E-state index contributed by atoms with van der Waals surface area (Å²) in [7, 11) is 1.53. The molecule has 1 atom stereocenters. The van der Waals surface area contributed by atoms with Crippen LogP contribution in [0.15, 0.2) is 76.4 Å². The smallest absolute Gasteiger partial charge is 0.415 e. The lowest BCUT2D eigenvalue weighted by Crippen LogP contribution is -2.45. The van der Waals surface area contributed by atoms with Crippen LogP contribution in [-0.4, -0.2) is 98.7 Å². The number of hydrogen-bond acceptors (Lipinski definition) is 12. The minimum absolute atomic E-state index is 0.0249. The van der Waals surface area contributed by atoms with Gasteiger partial charge >= 0.3 is 17.8 Å². The summed E-state index contributed by atoms with van der Waals surface area (Å²) in [4.78, 5) is 73.3. The van der Waals surface area contributed by atoms with Crippen molar-refractivity contribution in [2.24, 2.45) is 5.92 Å². The molecule has 68 heavy (non-hydrogen) atoms. The number of aliphatic hydroxyl groups is 1. The number of ether oxygens (including phenoxy) is 2. The zero-order chi connectivity index (χ0) is 47.7. The average molecular weight is 923 g/mol. The van der Waals surface area contributed by atoms with E-state index >= 15 is 0 Å². The maximum absolute atomic E-state index is 13.5. The topological polar surface area (TPSA) is 227 Å². The van der Waals surface area contributed by atoms with Crippen molar-refractivity contribution in [1.29, 1.82) is 0 Å². The first-order valence-electron chi connectivity index (χ1n) is 22.8. The molecule has 10 rings (SSSR count). The lowest BCUT2D eigenvalue weighted by molar-refractivity contribution is -0.157. The maximum Gasteiger partial charge on any atom is 0.415 e. The van der Waals surface area contributed by atoms with Gasteiger partial charge < -0.3 is 43.7 Å². The Bertz CT molecular complexity index is 3340. The van der Waals surface area contributed by atoms with Crippen LogP contribution in [0.5, 0.6) is 17.2 Å². The highest BCUT2D eigenvalue weighted by Gasteiger charge is 2.35. The van der Waals surface area contributed by atoms with Crippen molar-refractivity contribution in [3.63, 3.8) is 0 Å². The highest BCUT2D eigenvalue weighted by atomic mass is 16.6. The molecule has 0 bridgehead atoms. The van der Waals surface area contributed by atoms with Crippen LogP contribution in [0.25, 0.3) is 50.3 Å². The number of phenolic OH excluding ortho intramolecular Hbond substituents is 2. The Morgan fingerprint density at radius 2 is 1.78 bits per heavy atom. The van der Waals surface area contributed by atoms with Crippen molar-refractivity contribution < 1.29 is 39.2 Å². The zero-order valence-electron chi connectivity index (χ0n) is 38.0. The number of carbonyl (C=O) groups is 3. The standard InChI is InChI=1S/C50H50N8O10/c1-5-31-33-19-30(7-8-38(33)51-44-36(31)23-57-40(44)21-34-37(47(57)63)25-67-48(64)45(34)62)68-50(66)54(4)24-43(61)56-15-11-27(12-16-56)10-14-55-17-13-28-18-29(6-9-39(28)55)58-46(52-53-49(58)65)35-20-32(26(2)3)41(59)22-42(35)60/h6-9,13,17-22,26-27,45,59-60,62H,5,10-12,14-16,23-25H2,1-4H3,(H,53,65). The number of phenols is 2. The van der Waals surface area contributed by atoms with Gasteiger partial charge in [-0.3, -0.25) is 9.59 Å². The van der Waals surface area contributed by atoms with E-state index in [1.165, 1.54) is 22.6 Å². The van der Waals surface area contributed by atoms with Gasteiger partial charge in [0.15, 0.2) is 11.9 Å². The Labute approximate surface area is 388 Å². The van der Waals surface area contributed by atoms with Crippen molar-refractivity contribution in [1.82, 2.24) is 38.7 Å². The molecule has 1 saturated heterocycles. The number of nitrogens with one attached hydrogen (secondary N) is 1. The molecule has 7 aromatic rings. The molecule has 0 saturated carbocycles. The molecule has 0 radical (unpaired) electrons. The molecular formula is C50H50N8O10. The van der Waals surface area contributed by atoms with Crippen LogP contribution in [0.1, 0.15) is 79.9 Å². The van der Waals surface area contributed by atoms with Gasteiger partial charge in [0, 0.05) is 66.4 Å². The van der Waals surface area contributed by atoms with Gasteiger partial charge in [0.1, 0.15) is 30.4 Å². The molecule has 350 valence electrons. The second-order valence-corrected chi connectivity index (χ2v) is 18.2. The highest BCUT2D eigenvalue weighted by molar-refractivity contribution is 5.90. The largest absolute Gasteiger partial charge is 0.508 e. The van der Waals surface area contributed by atoms with Gasteiger partial charge in [-0.05, 0) is 103 Å². The third-order valence-corrected chi connectivity index (χ3v) is 13.7. The van der Waals surface area contributed by atoms with Crippen molar-refractivity contribution in [2.75, 3.05) is 26.7 Å². The summed E-state index contributed by atoms with van der Waals surface area (Å²) in [5.41, 5.74) is 5.69. The molecule has 0 aliphatic carbocycles. The fourth-order valence-electron chi connectivity index (χ4n) is 9.97. The molecule has 2 amide bonds. The maximum atomic E-state index is 13.5. The fourth-order valence-corrected chi connectivity index (χ4v) is 9.97. The van der Waals surface area contributed by atoms with Crippen LogP contribution in [0.3, 0.4) is 0 Å². The predicted octanol–water partition coefficient (Wildman–Crippen LogP) is 5.87. The summed E-state index contributed by atoms with van der Waals surface area (Å²) >= 11 is 0. The Balaban J connectivity index is 0.744. The molecule has 0 spiro atoms. The van der Waals surface area contributed by atoms with Crippen molar-refractivity contribution >= 4 is 39.8 Å². The SMILES string of the molecule is CCc1c2c(nc3ccc(OC(=O)N(C)CC(=O)N4CCC(CCn5ccc6cc(-n7c(-c8cc(C(C)C)c(O)cc8O)n[nH]c7=O)ccc65)CC4)cc13)-c1cc3c(c(=O)n1C2)COC(=O)C3O. The van der Waals surface area contributed by atoms with Crippen LogP contribution in [0, 0.1) is 5.92 Å². The third kappa shape index (κ3) is 7.63. The number of hydrogen-bond donors (Lipinski definition) is 4. The summed E-state index contributed by atoms with van der Waals surface area (Å²) in [6.45, 7) is 7.66. The molecule has 4 aromatic heterocycles. The number of aromatic nitrogens is 6. The number of H-pyrrole nitrogens is 1. The number of aryl methyl sites for hydroxylation is 2. The second kappa shape index (κ2) is 17.2. The summed E-state index contributed by atoms with van der Waals surface area (Å²) in [5, 5.41) is 40.0. The van der Waals surface area contributed by atoms with Gasteiger partial charge in [0.25, 0.3) is 5.56 Å². The number of piperidine rings is 1. The minimum Gasteiger partial charge on any atom is -0.508 e. The molecule has 18 heteroatoms. The van der Waals surface area contributed by atoms with E-state index in [1.807, 2.05) is 51.2 Å². The molecule has 3 aliphatic heterocycles. The Kier molecular flexibility index (Phi) is 11.1. The summed E-state index contributed by atoms with van der Waals surface area (Å²) in [6.07, 6.45) is 2.94. The molecule has 1 fully saturated rings. The van der Waals surface area contributed by atoms with Gasteiger partial charge in [-0.15, -0.1) is 0 Å². The van der Waals surface area contributed by atoms with Crippen LogP contribution < -0.4 is 16.0 Å². The van der Waals surface area contributed by atoms with Gasteiger partial charge in [-0.1, -0.05) is 20.8 Å². The molecular weight excluding hydrogens is 873 g/mol. The molecule has 3 aromatic carbocycles. The number of benzene rings is 3. The van der Waals surface area contributed by atoms with Gasteiger partial charge in [-0.2, -0.15) is 5.10 Å². The Morgan fingerprint density at radius 3 is 2.54 bits per heavy atom. The number of esters is 1. The van der Waals surface area contributed by atoms with E-state index in [2.05, 4.69) is 14.8 Å². The molecule has 7 heterocycles. The minimum atomic E-state index is -1.55. The molecule has 3 aliphatic rings. The number of cyclic esters (lactones) is 1. The Morgan fingerprint density at radius 1 is 0.985 bits per heavy atom. The number of aromatic hydroxyl groups is 2. The van der Waals surface area contributed by atoms with E-state index in [0.717, 1.165) is 53.2 Å². The number of aromatic amines is 1. The van der Waals surface area contributed by atoms with Crippen LogP contribution in [0.4, 0.5) is 4.79 Å². The first-order chi connectivity index (χ1) is 32.7. The number of rotatable bonds is 10. The van der Waals surface area contributed by atoms with Crippen LogP contribution in [-0.2, 0) is 40.4 Å². The number of nitrogens with zero attached hydrogens (tertiary/aromatic N) is 7. The van der Waals surface area contributed by atoms with E-state index in [1.54, 1.807) is 39.8 Å². The number of likely N-dealkylation sites (tertiary alicyclic amines) is 1. The number of amides is 2. The van der Waals surface area contributed by atoms with Gasteiger partial charge in [0.2, 0.25) is 5.91 Å². The lowest BCUT2D eigenvalue weighted by atomic mass is 9.93. The number of aliphatic hydroxyl groups excluding tert-OH is 1. The monoisotopic (exact) mass is 922 g/mol. The van der Waals surface area contributed by atoms with E-state index in [9.17, 15) is 39.3 Å². The van der Waals surface area contributed by atoms with E-state index in [0.29, 0.717) is 59.1 Å². The molecule has 1 unspecified atom stereocenters. The van der Waals surface area contributed by atoms with E-state index in [4.69, 9.17) is 14.5 Å². The molecule has 18 nitrogen and oxygen atoms in total. The lowest BCUT2D eigenvalue weighted by Gasteiger charge is -2.33. The first kappa shape index (κ1) is 44.1. The summed E-state index contributed by atoms with van der Waals surface area (Å²) in [5.74, 6) is -0.299.